The van der Waals surface area contributed by atoms with Gasteiger partial charge in [-0.05, 0) is 133 Å². The van der Waals surface area contributed by atoms with Gasteiger partial charge in [0.2, 0.25) is 0 Å². The van der Waals surface area contributed by atoms with Crippen molar-refractivity contribution in [1.29, 1.82) is 0 Å². The topological polar surface area (TPSA) is 0 Å². The molecule has 0 radical (unpaired) electrons. The molecule has 0 bridgehead atoms. The molecule has 0 heterocycles. The van der Waals surface area contributed by atoms with Gasteiger partial charge in [0.25, 0.3) is 0 Å². The predicted octanol–water partition coefficient (Wildman–Crippen LogP) is 16.8. The van der Waals surface area contributed by atoms with Crippen molar-refractivity contribution in [3.63, 3.8) is 0 Å². The molecule has 0 saturated heterocycles. The highest BCUT2D eigenvalue weighted by Gasteiger charge is 2.33. The van der Waals surface area contributed by atoms with Gasteiger partial charge in [0.1, 0.15) is 0 Å². The van der Waals surface area contributed by atoms with Crippen molar-refractivity contribution in [2.24, 2.45) is 0 Å². The van der Waals surface area contributed by atoms with Crippen molar-refractivity contribution in [3.8, 4) is 44.5 Å². The van der Waals surface area contributed by atoms with E-state index < -0.39 is 0 Å². The Hall–Kier alpha value is -7.80. The fraction of sp³-hybridized carbons (Fsp3) is 0.0323. The number of hydrogen-bond acceptors (Lipinski definition) is 0. The lowest BCUT2D eigenvalue weighted by molar-refractivity contribution is 0.990. The molecule has 0 saturated carbocycles. The maximum atomic E-state index is 2.43. The highest BCUT2D eigenvalue weighted by atomic mass is 14.4. The van der Waals surface area contributed by atoms with Crippen LogP contribution in [-0.4, -0.2) is 0 Å². The number of rotatable bonds is 5. The smallest absolute Gasteiger partial charge is 0.0285 e. The van der Waals surface area contributed by atoms with Gasteiger partial charge in [-0.3, -0.25) is 0 Å². The zero-order valence-electron chi connectivity index (χ0n) is 34.1. The van der Waals surface area contributed by atoms with E-state index in [1.54, 1.807) is 0 Å². The first-order valence-electron chi connectivity index (χ1n) is 21.9. The summed E-state index contributed by atoms with van der Waals surface area (Å²) in [4.78, 5) is 0. The quantitative estimate of drug-likeness (QED) is 0.0926. The second-order valence-electron chi connectivity index (χ2n) is 16.9. The molecule has 2 aliphatic rings. The Morgan fingerprint density at radius 2 is 0.774 bits per heavy atom. The molecule has 11 aromatic carbocycles. The summed E-state index contributed by atoms with van der Waals surface area (Å²) in [5.74, 6) is 0.314. The fourth-order valence-electron chi connectivity index (χ4n) is 11.1. The van der Waals surface area contributed by atoms with Crippen LogP contribution in [0.15, 0.2) is 212 Å². The van der Waals surface area contributed by atoms with E-state index in [0.717, 1.165) is 6.42 Å². The van der Waals surface area contributed by atoms with Crippen LogP contribution < -0.4 is 0 Å². The Morgan fingerprint density at radius 3 is 1.45 bits per heavy atom. The molecule has 13 rings (SSSR count). The van der Waals surface area contributed by atoms with E-state index in [1.165, 1.54) is 126 Å². The van der Waals surface area contributed by atoms with Crippen molar-refractivity contribution in [1.82, 2.24) is 0 Å². The molecule has 0 spiro atoms. The Morgan fingerprint density at radius 1 is 0.323 bits per heavy atom. The molecule has 0 aromatic heterocycles. The van der Waals surface area contributed by atoms with Crippen LogP contribution in [0.25, 0.3) is 111 Å². The monoisotopic (exact) mass is 784 g/mol. The van der Waals surface area contributed by atoms with Crippen molar-refractivity contribution in [2.75, 3.05) is 0 Å². The second-order valence-corrected chi connectivity index (χ2v) is 16.9. The van der Waals surface area contributed by atoms with Crippen LogP contribution in [-0.2, 0) is 6.42 Å². The minimum atomic E-state index is 0.314. The van der Waals surface area contributed by atoms with Gasteiger partial charge in [-0.25, -0.2) is 0 Å². The Balaban J connectivity index is 0.963. The van der Waals surface area contributed by atoms with Crippen LogP contribution >= 0.6 is 0 Å². The van der Waals surface area contributed by atoms with Gasteiger partial charge >= 0.3 is 0 Å². The molecule has 0 nitrogen and oxygen atoms in total. The lowest BCUT2D eigenvalue weighted by Gasteiger charge is -2.24. The molecule has 2 aliphatic carbocycles. The summed E-state index contributed by atoms with van der Waals surface area (Å²) in [6, 6.07) is 74.4. The minimum absolute atomic E-state index is 0.314. The molecule has 0 fully saturated rings. The zero-order valence-corrected chi connectivity index (χ0v) is 34.1. The maximum Gasteiger partial charge on any atom is 0.0285 e. The number of fused-ring (bicyclic) bond motifs is 8. The molecule has 0 heteroatoms. The SMILES string of the molecule is C1=CC2c3ccccc3-c3ccc(-c4c5ccccc5c(-c5ccc(C=Cc6ccc(-c7cccc8ccccc78)c7ccccc67)c6ccccc56)c5ccccc45)c(c32)C1. The summed E-state index contributed by atoms with van der Waals surface area (Å²) < 4.78 is 0. The Labute approximate surface area is 361 Å². The van der Waals surface area contributed by atoms with E-state index in [-0.39, 0.29) is 0 Å². The lowest BCUT2D eigenvalue weighted by atomic mass is 9.79. The van der Waals surface area contributed by atoms with Gasteiger partial charge in [-0.2, -0.15) is 0 Å². The van der Waals surface area contributed by atoms with Gasteiger partial charge in [0.05, 0.1) is 0 Å². The fourth-order valence-corrected chi connectivity index (χ4v) is 11.1. The first-order chi connectivity index (χ1) is 30.8. The average molecular weight is 785 g/mol. The first-order valence-corrected chi connectivity index (χ1v) is 21.9. The molecule has 62 heavy (non-hydrogen) atoms. The Kier molecular flexibility index (Phi) is 7.84. The van der Waals surface area contributed by atoms with Gasteiger partial charge in [-0.1, -0.05) is 224 Å². The van der Waals surface area contributed by atoms with Crippen LogP contribution in [0, 0.1) is 0 Å². The Bertz CT molecular complexity index is 3660. The third-order valence-corrected chi connectivity index (χ3v) is 13.8. The largest absolute Gasteiger partial charge is 0.0832 e. The standard InChI is InChI=1S/C62H40/c1-2-17-42-39(15-1)16-13-28-46(42)50-35-33-40(43-18-3-5-20-45(43)50)31-32-41-34-36-57(47-21-6-4-19-44(41)47)61-52-24-9-11-26-54(52)62(55-27-12-10-25-53(55)61)59-38-37-58-49-23-8-7-22-48(49)51-29-14-30-56(59)60(51)58/h1-29,31-38,51H,30H2. The molecule has 0 amide bonds. The lowest BCUT2D eigenvalue weighted by Crippen LogP contribution is -2.05. The molecule has 0 aliphatic heterocycles. The first kappa shape index (κ1) is 35.0. The zero-order chi connectivity index (χ0) is 40.7. The second kappa shape index (κ2) is 13.9. The highest BCUT2D eigenvalue weighted by Crippen LogP contribution is 2.53. The predicted molar refractivity (Wildman–Crippen MR) is 266 cm³/mol. The van der Waals surface area contributed by atoms with Crippen LogP contribution in [0.3, 0.4) is 0 Å². The molecule has 0 N–H and O–H groups in total. The van der Waals surface area contributed by atoms with E-state index >= 15 is 0 Å². The summed E-state index contributed by atoms with van der Waals surface area (Å²) in [6.45, 7) is 0. The molecular weight excluding hydrogens is 745 g/mol. The van der Waals surface area contributed by atoms with Gasteiger partial charge in [0.15, 0.2) is 0 Å². The van der Waals surface area contributed by atoms with Crippen LogP contribution in [0.5, 0.6) is 0 Å². The van der Waals surface area contributed by atoms with E-state index in [2.05, 4.69) is 224 Å². The molecular formula is C62H40. The van der Waals surface area contributed by atoms with Gasteiger partial charge in [-0.15, -0.1) is 0 Å². The number of hydrogen-bond donors (Lipinski definition) is 0. The summed E-state index contributed by atoms with van der Waals surface area (Å²) in [5, 5.41) is 12.7. The number of benzene rings is 11. The summed E-state index contributed by atoms with van der Waals surface area (Å²) in [5.41, 5.74) is 17.3. The summed E-state index contributed by atoms with van der Waals surface area (Å²) >= 11 is 0. The van der Waals surface area contributed by atoms with Crippen LogP contribution in [0.1, 0.15) is 33.7 Å². The van der Waals surface area contributed by atoms with Crippen LogP contribution in [0.2, 0.25) is 0 Å². The van der Waals surface area contributed by atoms with Crippen LogP contribution in [0.4, 0.5) is 0 Å². The average Bonchev–Trinajstić information content (AvgIpc) is 3.67. The van der Waals surface area contributed by atoms with Crippen molar-refractivity contribution in [2.45, 2.75) is 12.3 Å². The van der Waals surface area contributed by atoms with E-state index in [0.29, 0.717) is 5.92 Å². The highest BCUT2D eigenvalue weighted by molar-refractivity contribution is 6.24. The van der Waals surface area contributed by atoms with E-state index in [9.17, 15) is 0 Å². The normalized spacial score (nSPS) is 14.1. The number of allylic oxidation sites excluding steroid dienone is 2. The van der Waals surface area contributed by atoms with Crippen molar-refractivity contribution < 1.29 is 0 Å². The molecule has 11 aromatic rings. The third-order valence-electron chi connectivity index (χ3n) is 13.8. The van der Waals surface area contributed by atoms with E-state index in [4.69, 9.17) is 0 Å². The molecule has 1 atom stereocenters. The molecule has 1 unspecified atom stereocenters. The molecule has 288 valence electrons. The third kappa shape index (κ3) is 5.20. The van der Waals surface area contributed by atoms with Crippen molar-refractivity contribution >= 4 is 66.0 Å². The summed E-state index contributed by atoms with van der Waals surface area (Å²) in [6.07, 6.45) is 10.4. The van der Waals surface area contributed by atoms with Crippen molar-refractivity contribution in [3.05, 3.63) is 240 Å². The minimum Gasteiger partial charge on any atom is -0.0832 e. The van der Waals surface area contributed by atoms with Gasteiger partial charge < -0.3 is 0 Å². The van der Waals surface area contributed by atoms with Gasteiger partial charge in [0, 0.05) is 5.92 Å². The van der Waals surface area contributed by atoms with E-state index in [1.807, 2.05) is 0 Å². The summed E-state index contributed by atoms with van der Waals surface area (Å²) in [7, 11) is 0. The maximum absolute atomic E-state index is 2.43.